The number of methoxy groups -OCH3 is 1. The molecule has 1 N–H and O–H groups in total. The summed E-state index contributed by atoms with van der Waals surface area (Å²) < 4.78 is 4.74. The number of H-pyrrole nitrogens is 1. The average molecular weight is 315 g/mol. The topological polar surface area (TPSA) is 65.6 Å². The average Bonchev–Trinajstić information content (AvgIpc) is 2.56. The lowest BCUT2D eigenvalue weighted by molar-refractivity contribution is 0.0888. The molecule has 1 amide bonds. The SMILES string of the molecule is COC(=O)N1CCN(Cc2cc3cccc(C)c3[nH]c2=O)CC1. The summed E-state index contributed by atoms with van der Waals surface area (Å²) in [4.78, 5) is 30.7. The number of carbonyl (C=O) groups excluding carboxylic acids is 1. The Morgan fingerprint density at radius 3 is 2.70 bits per heavy atom. The minimum absolute atomic E-state index is 0.0396. The number of rotatable bonds is 2. The maximum absolute atomic E-state index is 12.3. The minimum atomic E-state index is -0.288. The molecule has 122 valence electrons. The summed E-state index contributed by atoms with van der Waals surface area (Å²) in [6.07, 6.45) is -0.288. The van der Waals surface area contributed by atoms with Crippen LogP contribution in [0.3, 0.4) is 0 Å². The van der Waals surface area contributed by atoms with E-state index in [1.165, 1.54) is 7.11 Å². The Bertz CT molecular complexity index is 776. The number of carbonyl (C=O) groups is 1. The van der Waals surface area contributed by atoms with Crippen LogP contribution in [-0.4, -0.2) is 54.2 Å². The Balaban J connectivity index is 1.74. The van der Waals surface area contributed by atoms with Gasteiger partial charge >= 0.3 is 6.09 Å². The lowest BCUT2D eigenvalue weighted by Gasteiger charge is -2.33. The van der Waals surface area contributed by atoms with Crippen LogP contribution in [0, 0.1) is 6.92 Å². The largest absolute Gasteiger partial charge is 0.453 e. The molecule has 1 aliphatic heterocycles. The molecule has 6 heteroatoms. The Labute approximate surface area is 134 Å². The van der Waals surface area contributed by atoms with Gasteiger partial charge in [-0.15, -0.1) is 0 Å². The molecule has 0 atom stereocenters. The van der Waals surface area contributed by atoms with Gasteiger partial charge in [0.25, 0.3) is 5.56 Å². The highest BCUT2D eigenvalue weighted by Gasteiger charge is 2.22. The number of aryl methyl sites for hydroxylation is 1. The van der Waals surface area contributed by atoms with Crippen molar-refractivity contribution >= 4 is 17.0 Å². The zero-order chi connectivity index (χ0) is 16.4. The van der Waals surface area contributed by atoms with Gasteiger partial charge in [0.2, 0.25) is 0 Å². The van der Waals surface area contributed by atoms with E-state index in [0.29, 0.717) is 19.6 Å². The van der Waals surface area contributed by atoms with E-state index in [2.05, 4.69) is 9.88 Å². The van der Waals surface area contributed by atoms with Crippen LogP contribution in [0.5, 0.6) is 0 Å². The van der Waals surface area contributed by atoms with Gasteiger partial charge in [-0.05, 0) is 23.9 Å². The summed E-state index contributed by atoms with van der Waals surface area (Å²) in [5, 5.41) is 1.05. The van der Waals surface area contributed by atoms with Gasteiger partial charge in [-0.2, -0.15) is 0 Å². The van der Waals surface area contributed by atoms with Gasteiger partial charge in [0.15, 0.2) is 0 Å². The number of nitrogens with zero attached hydrogens (tertiary/aromatic N) is 2. The van der Waals surface area contributed by atoms with Crippen molar-refractivity contribution in [3.8, 4) is 0 Å². The standard InChI is InChI=1S/C17H21N3O3/c1-12-4-3-5-13-10-14(16(21)18-15(12)13)11-19-6-8-20(9-7-19)17(22)23-2/h3-5,10H,6-9,11H2,1-2H3,(H,18,21). The number of para-hydroxylation sites is 1. The molecule has 0 spiro atoms. The van der Waals surface area contributed by atoms with Crippen molar-refractivity contribution in [2.24, 2.45) is 0 Å². The number of ether oxygens (including phenoxy) is 1. The zero-order valence-corrected chi connectivity index (χ0v) is 13.5. The summed E-state index contributed by atoms with van der Waals surface area (Å²) in [6, 6.07) is 7.96. The fraction of sp³-hybridized carbons (Fsp3) is 0.412. The van der Waals surface area contributed by atoms with E-state index in [1.807, 2.05) is 31.2 Å². The van der Waals surface area contributed by atoms with Crippen molar-refractivity contribution in [2.45, 2.75) is 13.5 Å². The van der Waals surface area contributed by atoms with Gasteiger partial charge in [-0.3, -0.25) is 9.69 Å². The number of nitrogens with one attached hydrogen (secondary N) is 1. The molecule has 23 heavy (non-hydrogen) atoms. The monoisotopic (exact) mass is 315 g/mol. The van der Waals surface area contributed by atoms with E-state index in [1.54, 1.807) is 4.90 Å². The van der Waals surface area contributed by atoms with Crippen molar-refractivity contribution in [2.75, 3.05) is 33.3 Å². The fourth-order valence-electron chi connectivity index (χ4n) is 3.00. The lowest BCUT2D eigenvalue weighted by atomic mass is 10.1. The van der Waals surface area contributed by atoms with Crippen molar-refractivity contribution in [3.05, 3.63) is 45.7 Å². The number of benzene rings is 1. The number of aromatic nitrogens is 1. The second kappa shape index (κ2) is 6.42. The van der Waals surface area contributed by atoms with Crippen LogP contribution in [0.4, 0.5) is 4.79 Å². The van der Waals surface area contributed by atoms with Crippen LogP contribution in [0.25, 0.3) is 10.9 Å². The highest BCUT2D eigenvalue weighted by Crippen LogP contribution is 2.16. The molecule has 1 fully saturated rings. The maximum Gasteiger partial charge on any atom is 0.409 e. The first kappa shape index (κ1) is 15.6. The molecule has 3 rings (SSSR count). The normalized spacial score (nSPS) is 15.8. The minimum Gasteiger partial charge on any atom is -0.453 e. The molecule has 0 unspecified atom stereocenters. The molecule has 1 aromatic carbocycles. The molecule has 0 saturated carbocycles. The zero-order valence-electron chi connectivity index (χ0n) is 13.5. The second-order valence-corrected chi connectivity index (χ2v) is 5.90. The van der Waals surface area contributed by atoms with Crippen LogP contribution in [-0.2, 0) is 11.3 Å². The van der Waals surface area contributed by atoms with Crippen LogP contribution >= 0.6 is 0 Å². The summed E-state index contributed by atoms with van der Waals surface area (Å²) in [5.74, 6) is 0. The molecule has 1 aromatic heterocycles. The predicted octanol–water partition coefficient (Wildman–Crippen LogP) is 1.72. The van der Waals surface area contributed by atoms with Crippen molar-refractivity contribution in [1.82, 2.24) is 14.8 Å². The van der Waals surface area contributed by atoms with Gasteiger partial charge in [-0.25, -0.2) is 4.79 Å². The Morgan fingerprint density at radius 2 is 2.00 bits per heavy atom. The van der Waals surface area contributed by atoms with Gasteiger partial charge < -0.3 is 14.6 Å². The van der Waals surface area contributed by atoms with E-state index in [0.717, 1.165) is 35.1 Å². The van der Waals surface area contributed by atoms with Crippen molar-refractivity contribution < 1.29 is 9.53 Å². The van der Waals surface area contributed by atoms with E-state index in [9.17, 15) is 9.59 Å². The highest BCUT2D eigenvalue weighted by molar-refractivity contribution is 5.81. The molecule has 2 aromatic rings. The van der Waals surface area contributed by atoms with Crippen LogP contribution in [0.1, 0.15) is 11.1 Å². The number of hydrogen-bond acceptors (Lipinski definition) is 4. The third kappa shape index (κ3) is 3.22. The summed E-state index contributed by atoms with van der Waals surface area (Å²) in [5.41, 5.74) is 2.69. The van der Waals surface area contributed by atoms with Gasteiger partial charge in [0.05, 0.1) is 12.6 Å². The highest BCUT2D eigenvalue weighted by atomic mass is 16.5. The van der Waals surface area contributed by atoms with Crippen molar-refractivity contribution in [3.63, 3.8) is 0 Å². The first-order chi connectivity index (χ1) is 11.1. The maximum atomic E-state index is 12.3. The molecule has 6 nitrogen and oxygen atoms in total. The molecular formula is C17H21N3O3. The number of hydrogen-bond donors (Lipinski definition) is 1. The lowest BCUT2D eigenvalue weighted by Crippen LogP contribution is -2.48. The summed E-state index contributed by atoms with van der Waals surface area (Å²) >= 11 is 0. The molecule has 1 saturated heterocycles. The first-order valence-electron chi connectivity index (χ1n) is 7.75. The molecule has 0 bridgehead atoms. The van der Waals surface area contributed by atoms with E-state index in [4.69, 9.17) is 4.74 Å². The van der Waals surface area contributed by atoms with Gasteiger partial charge in [0, 0.05) is 38.3 Å². The molecule has 2 heterocycles. The summed E-state index contributed by atoms with van der Waals surface area (Å²) in [7, 11) is 1.39. The number of amides is 1. The first-order valence-corrected chi connectivity index (χ1v) is 7.75. The number of fused-ring (bicyclic) bond motifs is 1. The molecule has 1 aliphatic rings. The third-order valence-electron chi connectivity index (χ3n) is 4.36. The van der Waals surface area contributed by atoms with Crippen molar-refractivity contribution in [1.29, 1.82) is 0 Å². The Kier molecular flexibility index (Phi) is 4.34. The number of piperazine rings is 1. The molecule has 0 aliphatic carbocycles. The quantitative estimate of drug-likeness (QED) is 0.916. The molecule has 0 radical (unpaired) electrons. The third-order valence-corrected chi connectivity index (χ3v) is 4.36. The molecular weight excluding hydrogens is 294 g/mol. The number of aromatic amines is 1. The number of pyridine rings is 1. The Hall–Kier alpha value is -2.34. The summed E-state index contributed by atoms with van der Waals surface area (Å²) in [6.45, 7) is 5.30. The van der Waals surface area contributed by atoms with Crippen LogP contribution < -0.4 is 5.56 Å². The smallest absolute Gasteiger partial charge is 0.409 e. The van der Waals surface area contributed by atoms with Gasteiger partial charge in [0.1, 0.15) is 0 Å². The van der Waals surface area contributed by atoms with Crippen LogP contribution in [0.2, 0.25) is 0 Å². The van der Waals surface area contributed by atoms with E-state index < -0.39 is 0 Å². The van der Waals surface area contributed by atoms with Gasteiger partial charge in [-0.1, -0.05) is 18.2 Å². The predicted molar refractivity (Wildman–Crippen MR) is 88.6 cm³/mol. The Morgan fingerprint density at radius 1 is 1.26 bits per heavy atom. The van der Waals surface area contributed by atoms with Crippen LogP contribution in [0.15, 0.2) is 29.1 Å². The van der Waals surface area contributed by atoms with E-state index >= 15 is 0 Å². The second-order valence-electron chi connectivity index (χ2n) is 5.90. The fourth-order valence-corrected chi connectivity index (χ4v) is 3.00. The van der Waals surface area contributed by atoms with E-state index in [-0.39, 0.29) is 11.7 Å².